The second-order valence-electron chi connectivity index (χ2n) is 8.67. The number of nitrogens with one attached hydrogen (secondary N) is 2. The molecule has 39 heavy (non-hydrogen) atoms. The zero-order chi connectivity index (χ0) is 28.3. The van der Waals surface area contributed by atoms with Crippen LogP contribution in [0.15, 0.2) is 97.2 Å². The van der Waals surface area contributed by atoms with Crippen molar-refractivity contribution in [3.8, 4) is 0 Å². The summed E-state index contributed by atoms with van der Waals surface area (Å²) in [7, 11) is 0. The predicted octanol–water partition coefficient (Wildman–Crippen LogP) is 8.03. The molecule has 0 radical (unpaired) electrons. The molecule has 1 heterocycles. The smallest absolute Gasteiger partial charge is 0.322 e. The van der Waals surface area contributed by atoms with Crippen LogP contribution in [-0.2, 0) is 24.3 Å². The Balaban J connectivity index is 1.90. The Bertz CT molecular complexity index is 1440. The lowest BCUT2D eigenvalue weighted by atomic mass is 9.79. The molecule has 0 aliphatic carbocycles. The molecule has 202 valence electrons. The summed E-state index contributed by atoms with van der Waals surface area (Å²) in [6, 6.07) is 20.7. The topological polar surface area (TPSA) is 54.0 Å². The van der Waals surface area contributed by atoms with Gasteiger partial charge in [0.15, 0.2) is 0 Å². The van der Waals surface area contributed by atoms with Crippen LogP contribution in [0.3, 0.4) is 0 Å². The highest BCUT2D eigenvalue weighted by molar-refractivity contribution is 14.1. The van der Waals surface area contributed by atoms with Crippen LogP contribution < -0.4 is 10.6 Å². The van der Waals surface area contributed by atoms with Gasteiger partial charge in [-0.05, 0) is 76.2 Å². The number of benzene rings is 3. The molecule has 3 aromatic carbocycles. The molecule has 1 aromatic heterocycles. The molecular weight excluding hydrogens is 635 g/mol. The van der Waals surface area contributed by atoms with E-state index in [9.17, 15) is 31.1 Å². The lowest BCUT2D eigenvalue weighted by Crippen LogP contribution is -2.50. The first-order chi connectivity index (χ1) is 18.4. The van der Waals surface area contributed by atoms with E-state index in [-0.39, 0.29) is 17.7 Å². The van der Waals surface area contributed by atoms with Crippen molar-refractivity contribution in [1.29, 1.82) is 0 Å². The van der Waals surface area contributed by atoms with Crippen LogP contribution in [0.4, 0.5) is 36.8 Å². The van der Waals surface area contributed by atoms with Crippen molar-refractivity contribution >= 4 is 34.3 Å². The number of carbonyl (C=O) groups is 1. The average Bonchev–Trinajstić information content (AvgIpc) is 2.88. The molecule has 2 amide bonds. The Morgan fingerprint density at radius 3 is 2.03 bits per heavy atom. The van der Waals surface area contributed by atoms with Crippen LogP contribution >= 0.6 is 22.6 Å². The molecule has 0 saturated heterocycles. The van der Waals surface area contributed by atoms with E-state index in [2.05, 4.69) is 38.2 Å². The standard InChI is InChI=1S/C28H20F6IN3O/c29-27(30,31)20-9-4-8-19(14-20)26(16-18-6-2-1-3-7-18,24-13-12-21(17-36-24)28(32,33)34)38-25(39)37-23-11-5-10-22(35)15-23/h1-15,17H,16H2,(H2,37,38,39). The summed E-state index contributed by atoms with van der Waals surface area (Å²) in [5.41, 5.74) is -2.86. The fourth-order valence-corrected chi connectivity index (χ4v) is 4.66. The van der Waals surface area contributed by atoms with Crippen LogP contribution in [0, 0.1) is 3.57 Å². The zero-order valence-electron chi connectivity index (χ0n) is 19.9. The van der Waals surface area contributed by atoms with Gasteiger partial charge in [0.25, 0.3) is 0 Å². The summed E-state index contributed by atoms with van der Waals surface area (Å²) in [5, 5.41) is 5.41. The van der Waals surface area contributed by atoms with Gasteiger partial charge in [0, 0.05) is 21.9 Å². The number of halogens is 7. The van der Waals surface area contributed by atoms with Crippen molar-refractivity contribution in [3.05, 3.63) is 129 Å². The van der Waals surface area contributed by atoms with Crippen molar-refractivity contribution in [2.45, 2.75) is 24.3 Å². The second-order valence-corrected chi connectivity index (χ2v) is 9.91. The highest BCUT2D eigenvalue weighted by Gasteiger charge is 2.41. The van der Waals surface area contributed by atoms with E-state index in [1.165, 1.54) is 12.1 Å². The maximum absolute atomic E-state index is 13.7. The van der Waals surface area contributed by atoms with Gasteiger partial charge in [0.05, 0.1) is 16.8 Å². The van der Waals surface area contributed by atoms with Crippen molar-refractivity contribution in [2.24, 2.45) is 0 Å². The summed E-state index contributed by atoms with van der Waals surface area (Å²) in [6.07, 6.45) is -8.89. The number of alkyl halides is 6. The second kappa shape index (κ2) is 11.2. The normalized spacial score (nSPS) is 13.4. The van der Waals surface area contributed by atoms with Crippen molar-refractivity contribution in [2.75, 3.05) is 5.32 Å². The van der Waals surface area contributed by atoms with Crippen molar-refractivity contribution < 1.29 is 31.1 Å². The van der Waals surface area contributed by atoms with Gasteiger partial charge in [-0.25, -0.2) is 4.79 Å². The highest BCUT2D eigenvalue weighted by atomic mass is 127. The number of urea groups is 1. The summed E-state index contributed by atoms with van der Waals surface area (Å²) >= 11 is 2.05. The molecule has 4 aromatic rings. The number of amides is 2. The molecule has 1 unspecified atom stereocenters. The Labute approximate surface area is 233 Å². The van der Waals surface area contributed by atoms with Crippen LogP contribution in [0.5, 0.6) is 0 Å². The quantitative estimate of drug-likeness (QED) is 0.163. The van der Waals surface area contributed by atoms with Crippen LogP contribution in [-0.4, -0.2) is 11.0 Å². The molecule has 4 nitrogen and oxygen atoms in total. The van der Waals surface area contributed by atoms with E-state index in [1.54, 1.807) is 54.6 Å². The van der Waals surface area contributed by atoms with Crippen LogP contribution in [0.1, 0.15) is 27.9 Å². The largest absolute Gasteiger partial charge is 0.417 e. The molecule has 0 aliphatic heterocycles. The monoisotopic (exact) mass is 655 g/mol. The third-order valence-corrected chi connectivity index (χ3v) is 6.60. The minimum atomic E-state index is -4.70. The Morgan fingerprint density at radius 1 is 0.744 bits per heavy atom. The lowest BCUT2D eigenvalue weighted by molar-refractivity contribution is -0.138. The van der Waals surface area contributed by atoms with Gasteiger partial charge in [-0.1, -0.05) is 48.5 Å². The van der Waals surface area contributed by atoms with Gasteiger partial charge in [-0.2, -0.15) is 26.3 Å². The predicted molar refractivity (Wildman–Crippen MR) is 143 cm³/mol. The zero-order valence-corrected chi connectivity index (χ0v) is 22.1. The van der Waals surface area contributed by atoms with E-state index >= 15 is 0 Å². The lowest BCUT2D eigenvalue weighted by Gasteiger charge is -2.36. The molecule has 2 N–H and O–H groups in total. The van der Waals surface area contributed by atoms with Crippen molar-refractivity contribution in [3.63, 3.8) is 0 Å². The molecular formula is C28H20F6IN3O. The number of hydrogen-bond donors (Lipinski definition) is 2. The summed E-state index contributed by atoms with van der Waals surface area (Å²) < 4.78 is 81.9. The third kappa shape index (κ3) is 6.88. The number of nitrogens with zero attached hydrogens (tertiary/aromatic N) is 1. The summed E-state index contributed by atoms with van der Waals surface area (Å²) in [4.78, 5) is 17.3. The Kier molecular flexibility index (Phi) is 8.19. The first-order valence-corrected chi connectivity index (χ1v) is 12.5. The van der Waals surface area contributed by atoms with E-state index < -0.39 is 35.0 Å². The number of anilines is 1. The van der Waals surface area contributed by atoms with Crippen LogP contribution in [0.25, 0.3) is 0 Å². The minimum Gasteiger partial charge on any atom is -0.322 e. The maximum Gasteiger partial charge on any atom is 0.417 e. The van der Waals surface area contributed by atoms with Crippen LogP contribution in [0.2, 0.25) is 0 Å². The molecule has 0 spiro atoms. The number of pyridine rings is 1. The molecule has 0 saturated carbocycles. The average molecular weight is 655 g/mol. The highest BCUT2D eigenvalue weighted by Crippen LogP contribution is 2.38. The van der Waals surface area contributed by atoms with Gasteiger partial charge in [0.2, 0.25) is 0 Å². The fourth-order valence-electron chi connectivity index (χ4n) is 4.12. The number of hydrogen-bond acceptors (Lipinski definition) is 2. The number of rotatable bonds is 6. The summed E-state index contributed by atoms with van der Waals surface area (Å²) in [6.45, 7) is 0. The van der Waals surface area contributed by atoms with Gasteiger partial charge in [0.1, 0.15) is 5.54 Å². The first kappa shape index (κ1) is 28.4. The molecule has 0 bridgehead atoms. The maximum atomic E-state index is 13.7. The van der Waals surface area contributed by atoms with E-state index in [0.717, 1.165) is 27.8 Å². The molecule has 0 aliphatic rings. The number of carbonyl (C=O) groups excluding carboxylic acids is 1. The summed E-state index contributed by atoms with van der Waals surface area (Å²) in [5.74, 6) is 0. The molecule has 4 rings (SSSR count). The van der Waals surface area contributed by atoms with Crippen molar-refractivity contribution in [1.82, 2.24) is 10.3 Å². The van der Waals surface area contributed by atoms with E-state index in [4.69, 9.17) is 0 Å². The molecule has 11 heteroatoms. The minimum absolute atomic E-state index is 0.00812. The van der Waals surface area contributed by atoms with E-state index in [0.29, 0.717) is 17.4 Å². The first-order valence-electron chi connectivity index (χ1n) is 11.5. The van der Waals surface area contributed by atoms with Gasteiger partial charge in [-0.15, -0.1) is 0 Å². The van der Waals surface area contributed by atoms with E-state index in [1.807, 2.05) is 0 Å². The Morgan fingerprint density at radius 2 is 1.41 bits per heavy atom. The fraction of sp³-hybridized carbons (Fsp3) is 0.143. The van der Waals surface area contributed by atoms with Gasteiger partial charge < -0.3 is 10.6 Å². The van der Waals surface area contributed by atoms with Gasteiger partial charge in [-0.3, -0.25) is 4.98 Å². The van der Waals surface area contributed by atoms with Gasteiger partial charge >= 0.3 is 18.4 Å². The molecule has 1 atom stereocenters. The third-order valence-electron chi connectivity index (χ3n) is 5.93. The molecule has 0 fully saturated rings. The SMILES string of the molecule is O=C(Nc1cccc(I)c1)NC(Cc1ccccc1)(c1cccc(C(F)(F)F)c1)c1ccc(C(F)(F)F)cn1. The number of aromatic nitrogens is 1. The Hall–Kier alpha value is -3.61.